The van der Waals surface area contributed by atoms with E-state index in [2.05, 4.69) is 5.32 Å². The van der Waals surface area contributed by atoms with Crippen molar-refractivity contribution >= 4 is 29.1 Å². The van der Waals surface area contributed by atoms with Crippen LogP contribution in [0.15, 0.2) is 18.2 Å². The molecule has 0 bridgehead atoms. The van der Waals surface area contributed by atoms with Crippen molar-refractivity contribution in [1.82, 2.24) is 5.32 Å². The summed E-state index contributed by atoms with van der Waals surface area (Å²) < 4.78 is 12.8. The fourth-order valence-electron chi connectivity index (χ4n) is 1.06. The lowest BCUT2D eigenvalue weighted by Crippen LogP contribution is -2.28. The van der Waals surface area contributed by atoms with Crippen LogP contribution in [0.3, 0.4) is 0 Å². The monoisotopic (exact) mass is 263 g/mol. The van der Waals surface area contributed by atoms with Crippen LogP contribution in [-0.4, -0.2) is 18.3 Å². The summed E-state index contributed by atoms with van der Waals surface area (Å²) >= 11 is 11.2. The molecule has 5 heteroatoms. The molecular formula is C11H12Cl2FNO. The molecule has 0 heterocycles. The third kappa shape index (κ3) is 3.65. The van der Waals surface area contributed by atoms with E-state index in [9.17, 15) is 9.18 Å². The molecule has 0 fully saturated rings. The maximum Gasteiger partial charge on any atom is 0.251 e. The summed E-state index contributed by atoms with van der Waals surface area (Å²) in [5.74, 6) is -0.141. The number of halogens is 3. The lowest BCUT2D eigenvalue weighted by atomic mass is 10.2. The third-order valence-corrected chi connectivity index (χ3v) is 2.87. The highest BCUT2D eigenvalue weighted by atomic mass is 35.5. The van der Waals surface area contributed by atoms with E-state index >= 15 is 0 Å². The molecule has 0 aliphatic heterocycles. The van der Waals surface area contributed by atoms with Crippen LogP contribution in [0.4, 0.5) is 4.39 Å². The highest BCUT2D eigenvalue weighted by molar-refractivity contribution is 6.31. The van der Waals surface area contributed by atoms with Crippen molar-refractivity contribution in [3.05, 3.63) is 34.6 Å². The van der Waals surface area contributed by atoms with Crippen molar-refractivity contribution in [3.8, 4) is 0 Å². The normalized spacial score (nSPS) is 12.2. The molecule has 1 unspecified atom stereocenters. The molecule has 1 aromatic carbocycles. The summed E-state index contributed by atoms with van der Waals surface area (Å²) in [6.07, 6.45) is 0. The number of benzene rings is 1. The Bertz CT molecular complexity index is 384. The Morgan fingerprint density at radius 3 is 2.81 bits per heavy atom. The van der Waals surface area contributed by atoms with Crippen molar-refractivity contribution in [2.24, 2.45) is 5.92 Å². The third-order valence-electron chi connectivity index (χ3n) is 2.06. The molecule has 0 radical (unpaired) electrons. The van der Waals surface area contributed by atoms with Crippen LogP contribution in [-0.2, 0) is 0 Å². The second kappa shape index (κ2) is 6.06. The molecule has 1 atom stereocenters. The maximum absolute atomic E-state index is 12.8. The van der Waals surface area contributed by atoms with Crippen molar-refractivity contribution in [2.75, 3.05) is 12.4 Å². The first-order chi connectivity index (χ1) is 7.54. The minimum atomic E-state index is -0.535. The molecule has 1 aromatic rings. The Morgan fingerprint density at radius 1 is 1.56 bits per heavy atom. The molecule has 1 rings (SSSR count). The number of alkyl halides is 1. The van der Waals surface area contributed by atoms with Gasteiger partial charge >= 0.3 is 0 Å². The second-order valence-electron chi connectivity index (χ2n) is 3.60. The van der Waals surface area contributed by atoms with Gasteiger partial charge in [0.1, 0.15) is 5.82 Å². The number of carbonyl (C=O) groups excluding carboxylic acids is 1. The topological polar surface area (TPSA) is 29.1 Å². The zero-order chi connectivity index (χ0) is 12.1. The molecular weight excluding hydrogens is 252 g/mol. The van der Waals surface area contributed by atoms with E-state index < -0.39 is 5.82 Å². The van der Waals surface area contributed by atoms with Gasteiger partial charge in [-0.05, 0) is 24.1 Å². The zero-order valence-corrected chi connectivity index (χ0v) is 10.3. The summed E-state index contributed by atoms with van der Waals surface area (Å²) in [6, 6.07) is 3.86. The fourth-order valence-corrected chi connectivity index (χ4v) is 1.35. The molecule has 16 heavy (non-hydrogen) atoms. The lowest BCUT2D eigenvalue weighted by molar-refractivity contribution is 0.0949. The van der Waals surface area contributed by atoms with Crippen LogP contribution in [0.25, 0.3) is 0 Å². The van der Waals surface area contributed by atoms with E-state index in [4.69, 9.17) is 23.2 Å². The summed E-state index contributed by atoms with van der Waals surface area (Å²) in [5, 5.41) is 2.63. The Hall–Kier alpha value is -0.800. The highest BCUT2D eigenvalue weighted by Gasteiger charge is 2.09. The zero-order valence-electron chi connectivity index (χ0n) is 8.77. The van der Waals surface area contributed by atoms with Gasteiger partial charge in [0.2, 0.25) is 0 Å². The van der Waals surface area contributed by atoms with E-state index in [1.807, 2.05) is 6.92 Å². The molecule has 0 spiro atoms. The van der Waals surface area contributed by atoms with Gasteiger partial charge < -0.3 is 5.32 Å². The van der Waals surface area contributed by atoms with E-state index in [1.165, 1.54) is 18.2 Å². The van der Waals surface area contributed by atoms with Crippen LogP contribution in [0.5, 0.6) is 0 Å². The Balaban J connectivity index is 2.63. The summed E-state index contributed by atoms with van der Waals surface area (Å²) in [5.41, 5.74) is 0.341. The van der Waals surface area contributed by atoms with Crippen LogP contribution >= 0.6 is 23.2 Å². The quantitative estimate of drug-likeness (QED) is 0.832. The summed E-state index contributed by atoms with van der Waals surface area (Å²) in [6.45, 7) is 2.41. The van der Waals surface area contributed by atoms with Gasteiger partial charge in [0.25, 0.3) is 5.91 Å². The first-order valence-electron chi connectivity index (χ1n) is 4.83. The van der Waals surface area contributed by atoms with Gasteiger partial charge in [-0.1, -0.05) is 18.5 Å². The molecule has 0 aliphatic carbocycles. The first-order valence-corrected chi connectivity index (χ1v) is 5.75. The van der Waals surface area contributed by atoms with Gasteiger partial charge in [0.15, 0.2) is 0 Å². The predicted octanol–water partition coefficient (Wildman–Crippen LogP) is 3.08. The largest absolute Gasteiger partial charge is 0.352 e. The van der Waals surface area contributed by atoms with Crippen molar-refractivity contribution in [3.63, 3.8) is 0 Å². The van der Waals surface area contributed by atoms with Crippen molar-refractivity contribution in [1.29, 1.82) is 0 Å². The summed E-state index contributed by atoms with van der Waals surface area (Å²) in [7, 11) is 0. The smallest absolute Gasteiger partial charge is 0.251 e. The van der Waals surface area contributed by atoms with Crippen LogP contribution < -0.4 is 5.32 Å². The van der Waals surface area contributed by atoms with Crippen LogP contribution in [0.1, 0.15) is 17.3 Å². The van der Waals surface area contributed by atoms with Gasteiger partial charge in [-0.3, -0.25) is 4.79 Å². The minimum Gasteiger partial charge on any atom is -0.352 e. The predicted molar refractivity (Wildman–Crippen MR) is 63.6 cm³/mol. The minimum absolute atomic E-state index is 0.0574. The Kier molecular flexibility index (Phi) is 5.03. The van der Waals surface area contributed by atoms with Crippen LogP contribution in [0, 0.1) is 11.7 Å². The van der Waals surface area contributed by atoms with Crippen LogP contribution in [0.2, 0.25) is 5.02 Å². The average Bonchev–Trinajstić information content (AvgIpc) is 2.29. The highest BCUT2D eigenvalue weighted by Crippen LogP contribution is 2.15. The van der Waals surface area contributed by atoms with E-state index in [-0.39, 0.29) is 16.8 Å². The number of carbonyl (C=O) groups is 1. The molecule has 2 nitrogen and oxygen atoms in total. The van der Waals surface area contributed by atoms with Gasteiger partial charge in [0.05, 0.1) is 5.02 Å². The standard InChI is InChI=1S/C11H12Cl2FNO/c1-7(5-12)6-15-11(16)8-2-3-10(14)9(13)4-8/h2-4,7H,5-6H2,1H3,(H,15,16). The van der Waals surface area contributed by atoms with E-state index in [0.29, 0.717) is 18.0 Å². The fraction of sp³-hybridized carbons (Fsp3) is 0.364. The van der Waals surface area contributed by atoms with Gasteiger partial charge in [-0.25, -0.2) is 4.39 Å². The van der Waals surface area contributed by atoms with E-state index in [1.54, 1.807) is 0 Å². The molecule has 0 aromatic heterocycles. The van der Waals surface area contributed by atoms with E-state index in [0.717, 1.165) is 0 Å². The first kappa shape index (κ1) is 13.3. The molecule has 0 aliphatic rings. The average molecular weight is 264 g/mol. The van der Waals surface area contributed by atoms with Gasteiger partial charge in [0, 0.05) is 18.0 Å². The van der Waals surface area contributed by atoms with Gasteiger partial charge in [-0.2, -0.15) is 0 Å². The number of nitrogens with one attached hydrogen (secondary N) is 1. The van der Waals surface area contributed by atoms with Crippen molar-refractivity contribution in [2.45, 2.75) is 6.92 Å². The molecule has 1 N–H and O–H groups in total. The molecule has 88 valence electrons. The number of hydrogen-bond acceptors (Lipinski definition) is 1. The Labute approximate surface area is 104 Å². The SMILES string of the molecule is CC(CCl)CNC(=O)c1ccc(F)c(Cl)c1. The lowest BCUT2D eigenvalue weighted by Gasteiger charge is -2.09. The number of amides is 1. The molecule has 0 saturated heterocycles. The van der Waals surface area contributed by atoms with Crippen molar-refractivity contribution < 1.29 is 9.18 Å². The maximum atomic E-state index is 12.8. The van der Waals surface area contributed by atoms with Gasteiger partial charge in [-0.15, -0.1) is 11.6 Å². The second-order valence-corrected chi connectivity index (χ2v) is 4.31. The summed E-state index contributed by atoms with van der Waals surface area (Å²) in [4.78, 5) is 11.6. The Morgan fingerprint density at radius 2 is 2.25 bits per heavy atom. The number of rotatable bonds is 4. The molecule has 1 amide bonds. The molecule has 0 saturated carbocycles. The number of hydrogen-bond donors (Lipinski definition) is 1.